The lowest BCUT2D eigenvalue weighted by molar-refractivity contribution is -0.122. The maximum atomic E-state index is 12.3. The fourth-order valence-electron chi connectivity index (χ4n) is 3.19. The van der Waals surface area contributed by atoms with Gasteiger partial charge in [-0.3, -0.25) is 14.5 Å². The molecule has 0 spiro atoms. The molecule has 7 heteroatoms. The standard InChI is InChI=1S/C17H23N5O2/c1-2-13(21-9-5-6-10-21)11-18-16(23)12-22-17(24)14-7-3-4-8-15(14)19-20-22/h3-4,7-8,13H,2,5-6,9-12H2,1H3,(H,18,23). The number of rotatable bonds is 6. The van der Waals surface area contributed by atoms with Crippen LogP contribution in [0.5, 0.6) is 0 Å². The molecule has 3 rings (SSSR count). The quantitative estimate of drug-likeness (QED) is 0.847. The minimum Gasteiger partial charge on any atom is -0.353 e. The summed E-state index contributed by atoms with van der Waals surface area (Å²) in [6, 6.07) is 7.36. The Bertz CT molecular complexity index is 767. The minimum atomic E-state index is -0.290. The summed E-state index contributed by atoms with van der Waals surface area (Å²) in [6.45, 7) is 4.83. The summed E-state index contributed by atoms with van der Waals surface area (Å²) < 4.78 is 1.12. The Morgan fingerprint density at radius 1 is 1.29 bits per heavy atom. The van der Waals surface area contributed by atoms with Crippen LogP contribution in [0.1, 0.15) is 26.2 Å². The highest BCUT2D eigenvalue weighted by molar-refractivity contribution is 5.78. The average molecular weight is 329 g/mol. The molecule has 1 N–H and O–H groups in total. The van der Waals surface area contributed by atoms with E-state index < -0.39 is 0 Å². The van der Waals surface area contributed by atoms with Crippen LogP contribution >= 0.6 is 0 Å². The van der Waals surface area contributed by atoms with Crippen LogP contribution in [-0.2, 0) is 11.3 Å². The Morgan fingerprint density at radius 2 is 2.04 bits per heavy atom. The van der Waals surface area contributed by atoms with Gasteiger partial charge in [-0.2, -0.15) is 0 Å². The van der Waals surface area contributed by atoms with Crippen LogP contribution in [0.4, 0.5) is 0 Å². The lowest BCUT2D eigenvalue weighted by Gasteiger charge is -2.26. The van der Waals surface area contributed by atoms with Crippen molar-refractivity contribution in [1.82, 2.24) is 25.2 Å². The highest BCUT2D eigenvalue weighted by Gasteiger charge is 2.21. The van der Waals surface area contributed by atoms with Crippen molar-refractivity contribution in [3.8, 4) is 0 Å². The van der Waals surface area contributed by atoms with Gasteiger partial charge >= 0.3 is 0 Å². The zero-order valence-corrected chi connectivity index (χ0v) is 13.9. The van der Waals surface area contributed by atoms with Gasteiger partial charge in [0.05, 0.1) is 5.39 Å². The summed E-state index contributed by atoms with van der Waals surface area (Å²) in [7, 11) is 0. The van der Waals surface area contributed by atoms with Crippen LogP contribution in [0.3, 0.4) is 0 Å². The van der Waals surface area contributed by atoms with Gasteiger partial charge in [0.25, 0.3) is 5.56 Å². The van der Waals surface area contributed by atoms with Gasteiger partial charge in [-0.1, -0.05) is 24.3 Å². The average Bonchev–Trinajstić information content (AvgIpc) is 3.13. The smallest absolute Gasteiger partial charge is 0.278 e. The topological polar surface area (TPSA) is 80.1 Å². The molecular weight excluding hydrogens is 306 g/mol. The van der Waals surface area contributed by atoms with Gasteiger partial charge in [0.15, 0.2) is 0 Å². The van der Waals surface area contributed by atoms with E-state index in [-0.39, 0.29) is 18.0 Å². The monoisotopic (exact) mass is 329 g/mol. The predicted molar refractivity (Wildman–Crippen MR) is 91.7 cm³/mol. The Labute approximate surface area is 140 Å². The Kier molecular flexibility index (Phi) is 5.20. The Balaban J connectivity index is 1.62. The lowest BCUT2D eigenvalue weighted by atomic mass is 10.2. The van der Waals surface area contributed by atoms with Gasteiger partial charge in [-0.25, -0.2) is 4.68 Å². The minimum absolute atomic E-state index is 0.104. The zero-order valence-electron chi connectivity index (χ0n) is 13.9. The van der Waals surface area contributed by atoms with Crippen molar-refractivity contribution in [1.29, 1.82) is 0 Å². The van der Waals surface area contributed by atoms with Crippen molar-refractivity contribution in [2.75, 3.05) is 19.6 Å². The molecule has 0 radical (unpaired) electrons. The van der Waals surface area contributed by atoms with Crippen LogP contribution in [-0.4, -0.2) is 51.5 Å². The molecule has 7 nitrogen and oxygen atoms in total. The molecule has 0 aliphatic carbocycles. The number of hydrogen-bond donors (Lipinski definition) is 1. The van der Waals surface area contributed by atoms with Crippen LogP contribution in [0, 0.1) is 0 Å². The molecule has 128 valence electrons. The van der Waals surface area contributed by atoms with E-state index in [0.717, 1.165) is 24.2 Å². The largest absolute Gasteiger partial charge is 0.353 e. The predicted octanol–water partition coefficient (Wildman–Crippen LogP) is 0.782. The van der Waals surface area contributed by atoms with E-state index in [1.165, 1.54) is 12.8 Å². The number of amides is 1. The molecule has 0 bridgehead atoms. The second kappa shape index (κ2) is 7.53. The number of benzene rings is 1. The van der Waals surface area contributed by atoms with E-state index in [4.69, 9.17) is 0 Å². The number of carbonyl (C=O) groups excluding carboxylic acids is 1. The fourth-order valence-corrected chi connectivity index (χ4v) is 3.19. The first-order valence-electron chi connectivity index (χ1n) is 8.52. The van der Waals surface area contributed by atoms with Crippen molar-refractivity contribution in [2.24, 2.45) is 0 Å². The number of hydrogen-bond acceptors (Lipinski definition) is 5. The normalized spacial score (nSPS) is 16.4. The molecule has 1 saturated heterocycles. The second-order valence-electron chi connectivity index (χ2n) is 6.18. The lowest BCUT2D eigenvalue weighted by Crippen LogP contribution is -2.44. The summed E-state index contributed by atoms with van der Waals surface area (Å²) in [5.41, 5.74) is 0.251. The van der Waals surface area contributed by atoms with E-state index >= 15 is 0 Å². The molecule has 1 fully saturated rings. The van der Waals surface area contributed by atoms with Gasteiger partial charge in [0, 0.05) is 12.6 Å². The summed E-state index contributed by atoms with van der Waals surface area (Å²) >= 11 is 0. The third kappa shape index (κ3) is 3.62. The van der Waals surface area contributed by atoms with Gasteiger partial charge in [0.1, 0.15) is 12.1 Å². The van der Waals surface area contributed by atoms with Crippen LogP contribution in [0.25, 0.3) is 10.9 Å². The summed E-state index contributed by atoms with van der Waals surface area (Å²) in [5, 5.41) is 11.3. The molecule has 2 aromatic rings. The number of likely N-dealkylation sites (tertiary alicyclic amines) is 1. The summed E-state index contributed by atoms with van der Waals surface area (Å²) in [6.07, 6.45) is 3.45. The molecule has 2 heterocycles. The second-order valence-corrected chi connectivity index (χ2v) is 6.18. The number of nitrogens with zero attached hydrogens (tertiary/aromatic N) is 4. The van der Waals surface area contributed by atoms with E-state index in [2.05, 4.69) is 27.5 Å². The number of fused-ring (bicyclic) bond motifs is 1. The maximum absolute atomic E-state index is 12.3. The van der Waals surface area contributed by atoms with E-state index in [9.17, 15) is 9.59 Å². The summed E-state index contributed by atoms with van der Waals surface area (Å²) in [4.78, 5) is 26.9. The van der Waals surface area contributed by atoms with Crippen molar-refractivity contribution in [3.63, 3.8) is 0 Å². The fraction of sp³-hybridized carbons (Fsp3) is 0.529. The maximum Gasteiger partial charge on any atom is 0.278 e. The zero-order chi connectivity index (χ0) is 16.9. The van der Waals surface area contributed by atoms with Crippen molar-refractivity contribution < 1.29 is 4.79 Å². The van der Waals surface area contributed by atoms with E-state index in [0.29, 0.717) is 23.5 Å². The summed E-state index contributed by atoms with van der Waals surface area (Å²) in [5.74, 6) is -0.209. The van der Waals surface area contributed by atoms with Gasteiger partial charge in [0.2, 0.25) is 5.91 Å². The highest BCUT2D eigenvalue weighted by atomic mass is 16.2. The Morgan fingerprint density at radius 3 is 2.79 bits per heavy atom. The van der Waals surface area contributed by atoms with Gasteiger partial charge in [-0.15, -0.1) is 5.10 Å². The van der Waals surface area contributed by atoms with Crippen LogP contribution < -0.4 is 10.9 Å². The molecule has 1 aliphatic rings. The molecular formula is C17H23N5O2. The molecule has 0 saturated carbocycles. The third-order valence-electron chi connectivity index (χ3n) is 4.59. The van der Waals surface area contributed by atoms with Gasteiger partial charge in [-0.05, 0) is 44.5 Å². The SMILES string of the molecule is CCC(CNC(=O)Cn1nnc2ccccc2c1=O)N1CCCC1. The highest BCUT2D eigenvalue weighted by Crippen LogP contribution is 2.13. The number of aromatic nitrogens is 3. The van der Waals surface area contributed by atoms with Crippen LogP contribution in [0.2, 0.25) is 0 Å². The number of carbonyl (C=O) groups is 1. The van der Waals surface area contributed by atoms with Gasteiger partial charge < -0.3 is 5.32 Å². The van der Waals surface area contributed by atoms with E-state index in [1.807, 2.05) is 0 Å². The molecule has 1 unspecified atom stereocenters. The van der Waals surface area contributed by atoms with Crippen molar-refractivity contribution >= 4 is 16.8 Å². The van der Waals surface area contributed by atoms with Crippen LogP contribution in [0.15, 0.2) is 29.1 Å². The molecule has 1 atom stereocenters. The molecule has 24 heavy (non-hydrogen) atoms. The number of nitrogens with one attached hydrogen (secondary N) is 1. The molecule has 1 aliphatic heterocycles. The van der Waals surface area contributed by atoms with Crippen molar-refractivity contribution in [3.05, 3.63) is 34.6 Å². The van der Waals surface area contributed by atoms with E-state index in [1.54, 1.807) is 24.3 Å². The Hall–Kier alpha value is -2.28. The first kappa shape index (κ1) is 16.6. The first-order valence-corrected chi connectivity index (χ1v) is 8.52. The first-order chi connectivity index (χ1) is 11.7. The van der Waals surface area contributed by atoms with Crippen molar-refractivity contribution in [2.45, 2.75) is 38.8 Å². The molecule has 1 amide bonds. The molecule has 1 aromatic carbocycles. The third-order valence-corrected chi connectivity index (χ3v) is 4.59. The molecule has 1 aromatic heterocycles.